The molecule has 0 spiro atoms. The van der Waals surface area contributed by atoms with E-state index in [-0.39, 0.29) is 0 Å². The van der Waals surface area contributed by atoms with Crippen LogP contribution in [0.15, 0.2) is 18.2 Å². The number of fused-ring (bicyclic) bond motifs is 1. The van der Waals surface area contributed by atoms with Crippen molar-refractivity contribution in [1.29, 1.82) is 0 Å². The zero-order chi connectivity index (χ0) is 10.3. The van der Waals surface area contributed by atoms with E-state index in [2.05, 4.69) is 32.9 Å². The van der Waals surface area contributed by atoms with E-state index in [1.54, 1.807) is 0 Å². The molecule has 2 rings (SSSR count). The maximum Gasteiger partial charge on any atom is 0.0350 e. The highest BCUT2D eigenvalue weighted by atomic mass is 32.1. The molecule has 0 atom stereocenters. The second-order valence-corrected chi connectivity index (χ2v) is 5.09. The zero-order valence-corrected chi connectivity index (χ0v) is 9.61. The van der Waals surface area contributed by atoms with Crippen LogP contribution in [-0.2, 0) is 0 Å². The molecule has 0 aliphatic heterocycles. The van der Waals surface area contributed by atoms with Crippen molar-refractivity contribution in [2.24, 2.45) is 0 Å². The third-order valence-electron chi connectivity index (χ3n) is 2.52. The minimum Gasteiger partial charge on any atom is -0.399 e. The van der Waals surface area contributed by atoms with E-state index in [9.17, 15) is 0 Å². The quantitative estimate of drug-likeness (QED) is 0.702. The predicted octanol–water partition coefficient (Wildman–Crippen LogP) is 3.92. The first-order valence-electron chi connectivity index (χ1n) is 4.88. The van der Waals surface area contributed by atoms with Crippen LogP contribution in [0.1, 0.15) is 30.2 Å². The Balaban J connectivity index is 2.74. The number of benzene rings is 1. The molecule has 0 unspecified atom stereocenters. The molecule has 14 heavy (non-hydrogen) atoms. The second-order valence-electron chi connectivity index (χ2n) is 4.00. The number of nitrogens with two attached hydrogens (primary N) is 1. The maximum atomic E-state index is 5.78. The molecule has 0 radical (unpaired) electrons. The fraction of sp³-hybridized carbons (Fsp3) is 0.333. The fourth-order valence-corrected chi connectivity index (χ4v) is 3.00. The Hall–Kier alpha value is -1.02. The largest absolute Gasteiger partial charge is 0.399 e. The zero-order valence-electron chi connectivity index (χ0n) is 8.79. The first-order valence-corrected chi connectivity index (χ1v) is 5.69. The highest BCUT2D eigenvalue weighted by Gasteiger charge is 2.10. The van der Waals surface area contributed by atoms with Crippen LogP contribution in [0.2, 0.25) is 0 Å². The van der Waals surface area contributed by atoms with Crippen molar-refractivity contribution in [2.45, 2.75) is 26.7 Å². The smallest absolute Gasteiger partial charge is 0.0350 e. The normalized spacial score (nSPS) is 11.4. The standard InChI is InChI=1S/C12H15NS/c1-7(2)12-8(3)10-6-9(13)4-5-11(10)14-12/h4-7H,13H2,1-3H3. The van der Waals surface area contributed by atoms with E-state index in [0.717, 1.165) is 5.69 Å². The minimum atomic E-state index is 0.605. The highest BCUT2D eigenvalue weighted by molar-refractivity contribution is 7.19. The predicted molar refractivity (Wildman–Crippen MR) is 65.1 cm³/mol. The first kappa shape index (κ1) is 9.53. The molecular weight excluding hydrogens is 190 g/mol. The van der Waals surface area contributed by atoms with E-state index < -0.39 is 0 Å². The van der Waals surface area contributed by atoms with Gasteiger partial charge in [0, 0.05) is 15.3 Å². The SMILES string of the molecule is Cc1c(C(C)C)sc2ccc(N)cc12. The Bertz CT molecular complexity index is 468. The number of hydrogen-bond donors (Lipinski definition) is 1. The van der Waals surface area contributed by atoms with E-state index >= 15 is 0 Å². The molecule has 2 heteroatoms. The molecule has 1 aromatic heterocycles. The molecular formula is C12H15NS. The van der Waals surface area contributed by atoms with Crippen molar-refractivity contribution in [3.8, 4) is 0 Å². The molecule has 0 fully saturated rings. The summed E-state index contributed by atoms with van der Waals surface area (Å²) in [5, 5.41) is 1.32. The van der Waals surface area contributed by atoms with Crippen molar-refractivity contribution in [3.63, 3.8) is 0 Å². The number of rotatable bonds is 1. The lowest BCUT2D eigenvalue weighted by atomic mass is 10.1. The summed E-state index contributed by atoms with van der Waals surface area (Å²) in [6.07, 6.45) is 0. The molecule has 1 aromatic carbocycles. The van der Waals surface area contributed by atoms with Crippen LogP contribution < -0.4 is 5.73 Å². The second kappa shape index (κ2) is 3.28. The molecule has 0 bridgehead atoms. The van der Waals surface area contributed by atoms with E-state index in [0.29, 0.717) is 5.92 Å². The Morgan fingerprint density at radius 1 is 1.29 bits per heavy atom. The molecule has 2 aromatic rings. The van der Waals surface area contributed by atoms with Crippen molar-refractivity contribution in [2.75, 3.05) is 5.73 Å². The summed E-state index contributed by atoms with van der Waals surface area (Å²) in [5.74, 6) is 0.605. The van der Waals surface area contributed by atoms with E-state index in [4.69, 9.17) is 5.73 Å². The summed E-state index contributed by atoms with van der Waals surface area (Å²) in [7, 11) is 0. The monoisotopic (exact) mass is 205 g/mol. The Morgan fingerprint density at radius 2 is 2.00 bits per heavy atom. The van der Waals surface area contributed by atoms with Gasteiger partial charge in [-0.1, -0.05) is 13.8 Å². The fourth-order valence-electron chi connectivity index (χ4n) is 1.81. The lowest BCUT2D eigenvalue weighted by molar-refractivity contribution is 0.882. The summed E-state index contributed by atoms with van der Waals surface area (Å²) >= 11 is 1.89. The number of anilines is 1. The topological polar surface area (TPSA) is 26.0 Å². The molecule has 1 nitrogen and oxygen atoms in total. The molecule has 0 amide bonds. The average molecular weight is 205 g/mol. The lowest BCUT2D eigenvalue weighted by Crippen LogP contribution is -1.85. The highest BCUT2D eigenvalue weighted by Crippen LogP contribution is 2.36. The summed E-state index contributed by atoms with van der Waals surface area (Å²) in [4.78, 5) is 1.48. The third-order valence-corrected chi connectivity index (χ3v) is 4.09. The van der Waals surface area contributed by atoms with Crippen molar-refractivity contribution < 1.29 is 0 Å². The van der Waals surface area contributed by atoms with Gasteiger partial charge in [-0.15, -0.1) is 11.3 Å². The van der Waals surface area contributed by atoms with Crippen LogP contribution in [0.4, 0.5) is 5.69 Å². The van der Waals surface area contributed by atoms with Crippen molar-refractivity contribution >= 4 is 27.1 Å². The Kier molecular flexibility index (Phi) is 2.23. The molecule has 0 saturated heterocycles. The van der Waals surface area contributed by atoms with Gasteiger partial charge in [0.2, 0.25) is 0 Å². The average Bonchev–Trinajstić information content (AvgIpc) is 2.44. The lowest BCUT2D eigenvalue weighted by Gasteiger charge is -2.01. The van der Waals surface area contributed by atoms with Crippen LogP contribution in [0, 0.1) is 6.92 Å². The summed E-state index contributed by atoms with van der Waals surface area (Å²) in [5.41, 5.74) is 8.03. The summed E-state index contributed by atoms with van der Waals surface area (Å²) in [6, 6.07) is 6.17. The third kappa shape index (κ3) is 1.40. The van der Waals surface area contributed by atoms with Gasteiger partial charge in [-0.3, -0.25) is 0 Å². The van der Waals surface area contributed by atoms with Gasteiger partial charge in [0.05, 0.1) is 0 Å². The van der Waals surface area contributed by atoms with Gasteiger partial charge in [0.1, 0.15) is 0 Å². The van der Waals surface area contributed by atoms with E-state index in [1.165, 1.54) is 20.5 Å². The Morgan fingerprint density at radius 3 is 2.64 bits per heavy atom. The van der Waals surface area contributed by atoms with Crippen LogP contribution >= 0.6 is 11.3 Å². The summed E-state index contributed by atoms with van der Waals surface area (Å²) in [6.45, 7) is 6.66. The molecule has 0 aliphatic carbocycles. The van der Waals surface area contributed by atoms with Gasteiger partial charge in [-0.25, -0.2) is 0 Å². The Labute approximate surface area is 88.6 Å². The first-order chi connectivity index (χ1) is 6.59. The molecule has 2 N–H and O–H groups in total. The van der Waals surface area contributed by atoms with Crippen LogP contribution in [0.5, 0.6) is 0 Å². The van der Waals surface area contributed by atoms with Crippen molar-refractivity contribution in [3.05, 3.63) is 28.6 Å². The van der Waals surface area contributed by atoms with Gasteiger partial charge < -0.3 is 5.73 Å². The number of thiophene rings is 1. The molecule has 0 saturated carbocycles. The van der Waals surface area contributed by atoms with Crippen LogP contribution in [0.3, 0.4) is 0 Å². The van der Waals surface area contributed by atoms with Gasteiger partial charge >= 0.3 is 0 Å². The minimum absolute atomic E-state index is 0.605. The maximum absolute atomic E-state index is 5.78. The molecule has 0 aliphatic rings. The molecule has 1 heterocycles. The van der Waals surface area contributed by atoms with E-state index in [1.807, 2.05) is 17.4 Å². The number of nitrogen functional groups attached to an aromatic ring is 1. The summed E-state index contributed by atoms with van der Waals surface area (Å²) < 4.78 is 1.35. The number of hydrogen-bond acceptors (Lipinski definition) is 2. The van der Waals surface area contributed by atoms with Gasteiger partial charge in [-0.05, 0) is 42.0 Å². The van der Waals surface area contributed by atoms with Crippen LogP contribution in [-0.4, -0.2) is 0 Å². The van der Waals surface area contributed by atoms with Crippen LogP contribution in [0.25, 0.3) is 10.1 Å². The van der Waals surface area contributed by atoms with Gasteiger partial charge in [0.15, 0.2) is 0 Å². The van der Waals surface area contributed by atoms with Gasteiger partial charge in [-0.2, -0.15) is 0 Å². The van der Waals surface area contributed by atoms with Crippen molar-refractivity contribution in [1.82, 2.24) is 0 Å². The molecule has 74 valence electrons. The van der Waals surface area contributed by atoms with Gasteiger partial charge in [0.25, 0.3) is 0 Å². The number of aryl methyl sites for hydroxylation is 1.